The standard InChI is InChI=1S/C11H17BrN2O/c1-8-6-9(12)7-10(15-2)11(8)14-5-3-4-13/h6-7,14H,3-5,13H2,1-2H3. The maximum Gasteiger partial charge on any atom is 0.143 e. The van der Waals surface area contributed by atoms with E-state index in [2.05, 4.69) is 34.2 Å². The second kappa shape index (κ2) is 5.98. The monoisotopic (exact) mass is 272 g/mol. The van der Waals surface area contributed by atoms with Gasteiger partial charge in [0.2, 0.25) is 0 Å². The van der Waals surface area contributed by atoms with Gasteiger partial charge in [0, 0.05) is 11.0 Å². The molecule has 3 nitrogen and oxygen atoms in total. The van der Waals surface area contributed by atoms with Crippen LogP contribution in [0.5, 0.6) is 5.75 Å². The predicted octanol–water partition coefficient (Wildman–Crippen LogP) is 2.53. The van der Waals surface area contributed by atoms with Gasteiger partial charge in [-0.2, -0.15) is 0 Å². The maximum absolute atomic E-state index is 5.45. The first-order valence-electron chi connectivity index (χ1n) is 4.97. The van der Waals surface area contributed by atoms with Gasteiger partial charge in [0.1, 0.15) is 5.75 Å². The number of aryl methyl sites for hydroxylation is 1. The minimum absolute atomic E-state index is 0.699. The van der Waals surface area contributed by atoms with Crippen molar-refractivity contribution < 1.29 is 4.74 Å². The molecule has 0 aliphatic carbocycles. The molecule has 84 valence electrons. The third kappa shape index (κ3) is 3.39. The van der Waals surface area contributed by atoms with Crippen molar-refractivity contribution in [2.45, 2.75) is 13.3 Å². The summed E-state index contributed by atoms with van der Waals surface area (Å²) in [7, 11) is 1.68. The van der Waals surface area contributed by atoms with Crippen LogP contribution >= 0.6 is 15.9 Å². The molecule has 0 heterocycles. The summed E-state index contributed by atoms with van der Waals surface area (Å²) in [6.45, 7) is 3.62. The summed E-state index contributed by atoms with van der Waals surface area (Å²) < 4.78 is 6.34. The first kappa shape index (κ1) is 12.3. The van der Waals surface area contributed by atoms with Crippen molar-refractivity contribution in [1.82, 2.24) is 0 Å². The molecule has 0 aliphatic rings. The molecule has 3 N–H and O–H groups in total. The quantitative estimate of drug-likeness (QED) is 0.810. The molecule has 0 aromatic heterocycles. The Balaban J connectivity index is 2.84. The molecule has 0 radical (unpaired) electrons. The smallest absolute Gasteiger partial charge is 0.143 e. The fourth-order valence-electron chi connectivity index (χ4n) is 1.42. The van der Waals surface area contributed by atoms with E-state index in [9.17, 15) is 0 Å². The average molecular weight is 273 g/mol. The van der Waals surface area contributed by atoms with Gasteiger partial charge >= 0.3 is 0 Å². The lowest BCUT2D eigenvalue weighted by Crippen LogP contribution is -2.10. The summed E-state index contributed by atoms with van der Waals surface area (Å²) in [5.41, 5.74) is 7.66. The first-order chi connectivity index (χ1) is 7.19. The number of ether oxygens (including phenoxy) is 1. The fourth-order valence-corrected chi connectivity index (χ4v) is 1.97. The lowest BCUT2D eigenvalue weighted by Gasteiger charge is -2.14. The predicted molar refractivity (Wildman–Crippen MR) is 67.6 cm³/mol. The van der Waals surface area contributed by atoms with Gasteiger partial charge in [-0.1, -0.05) is 15.9 Å². The molecule has 1 rings (SSSR count). The summed E-state index contributed by atoms with van der Waals surface area (Å²) in [6.07, 6.45) is 0.957. The molecule has 0 spiro atoms. The van der Waals surface area contributed by atoms with Gasteiger partial charge in [0.15, 0.2) is 0 Å². The normalized spacial score (nSPS) is 10.1. The zero-order chi connectivity index (χ0) is 11.3. The van der Waals surface area contributed by atoms with Gasteiger partial charge in [0.25, 0.3) is 0 Å². The molecular weight excluding hydrogens is 256 g/mol. The number of halogens is 1. The summed E-state index contributed by atoms with van der Waals surface area (Å²) in [6, 6.07) is 4.02. The number of nitrogens with two attached hydrogens (primary N) is 1. The van der Waals surface area contributed by atoms with Crippen molar-refractivity contribution in [1.29, 1.82) is 0 Å². The second-order valence-electron chi connectivity index (χ2n) is 3.37. The Kier molecular flexibility index (Phi) is 4.91. The van der Waals surface area contributed by atoms with Crippen molar-refractivity contribution >= 4 is 21.6 Å². The van der Waals surface area contributed by atoms with Crippen molar-refractivity contribution in [3.8, 4) is 5.75 Å². The Labute approximate surface area is 99.1 Å². The molecule has 0 amide bonds. The van der Waals surface area contributed by atoms with Crippen molar-refractivity contribution in [3.63, 3.8) is 0 Å². The highest BCUT2D eigenvalue weighted by atomic mass is 79.9. The van der Waals surface area contributed by atoms with Crippen LogP contribution in [0.25, 0.3) is 0 Å². The first-order valence-corrected chi connectivity index (χ1v) is 5.76. The lowest BCUT2D eigenvalue weighted by molar-refractivity contribution is 0.416. The molecule has 0 fully saturated rings. The number of hydrogen-bond donors (Lipinski definition) is 2. The van der Waals surface area contributed by atoms with Crippen LogP contribution in [0.1, 0.15) is 12.0 Å². The van der Waals surface area contributed by atoms with E-state index in [1.165, 1.54) is 5.56 Å². The van der Waals surface area contributed by atoms with Gasteiger partial charge in [-0.3, -0.25) is 0 Å². The van der Waals surface area contributed by atoms with Gasteiger partial charge < -0.3 is 15.8 Å². The average Bonchev–Trinajstić information content (AvgIpc) is 2.20. The highest BCUT2D eigenvalue weighted by Gasteiger charge is 2.06. The Morgan fingerprint density at radius 2 is 2.20 bits per heavy atom. The fraction of sp³-hybridized carbons (Fsp3) is 0.455. The van der Waals surface area contributed by atoms with E-state index < -0.39 is 0 Å². The van der Waals surface area contributed by atoms with Crippen molar-refractivity contribution in [2.24, 2.45) is 5.73 Å². The van der Waals surface area contributed by atoms with Gasteiger partial charge in [-0.25, -0.2) is 0 Å². The molecule has 4 heteroatoms. The molecule has 0 atom stereocenters. The highest BCUT2D eigenvalue weighted by molar-refractivity contribution is 9.10. The highest BCUT2D eigenvalue weighted by Crippen LogP contribution is 2.31. The van der Waals surface area contributed by atoms with Crippen LogP contribution in [0.3, 0.4) is 0 Å². The molecular formula is C11H17BrN2O. The summed E-state index contributed by atoms with van der Waals surface area (Å²) in [5.74, 6) is 0.860. The number of methoxy groups -OCH3 is 1. The topological polar surface area (TPSA) is 47.3 Å². The van der Waals surface area contributed by atoms with Crippen LogP contribution in [0.2, 0.25) is 0 Å². The van der Waals surface area contributed by atoms with Crippen LogP contribution in [0, 0.1) is 6.92 Å². The van der Waals surface area contributed by atoms with Crippen LogP contribution in [0.15, 0.2) is 16.6 Å². The molecule has 1 aromatic carbocycles. The maximum atomic E-state index is 5.45. The van der Waals surface area contributed by atoms with E-state index in [4.69, 9.17) is 10.5 Å². The van der Waals surface area contributed by atoms with Crippen LogP contribution in [-0.2, 0) is 0 Å². The molecule has 0 unspecified atom stereocenters. The molecule has 0 aliphatic heterocycles. The molecule has 0 saturated heterocycles. The molecule has 1 aromatic rings. The third-order valence-corrected chi connectivity index (χ3v) is 2.62. The van der Waals surface area contributed by atoms with Crippen LogP contribution in [-0.4, -0.2) is 20.2 Å². The van der Waals surface area contributed by atoms with E-state index in [-0.39, 0.29) is 0 Å². The van der Waals surface area contributed by atoms with E-state index >= 15 is 0 Å². The SMILES string of the molecule is COc1cc(Br)cc(C)c1NCCCN. The number of hydrogen-bond acceptors (Lipinski definition) is 3. The van der Waals surface area contributed by atoms with E-state index in [1.54, 1.807) is 7.11 Å². The Bertz CT molecular complexity index is 329. The largest absolute Gasteiger partial charge is 0.495 e. The van der Waals surface area contributed by atoms with Gasteiger partial charge in [-0.05, 0) is 37.6 Å². The molecule has 0 saturated carbocycles. The minimum Gasteiger partial charge on any atom is -0.495 e. The van der Waals surface area contributed by atoms with Gasteiger partial charge in [0.05, 0.1) is 12.8 Å². The molecule has 0 bridgehead atoms. The summed E-state index contributed by atoms with van der Waals surface area (Å²) in [4.78, 5) is 0. The third-order valence-electron chi connectivity index (χ3n) is 2.17. The second-order valence-corrected chi connectivity index (χ2v) is 4.28. The zero-order valence-electron chi connectivity index (χ0n) is 9.14. The zero-order valence-corrected chi connectivity index (χ0v) is 10.7. The van der Waals surface area contributed by atoms with Crippen molar-refractivity contribution in [3.05, 3.63) is 22.2 Å². The van der Waals surface area contributed by atoms with E-state index in [1.807, 2.05) is 6.07 Å². The summed E-state index contributed by atoms with van der Waals surface area (Å²) >= 11 is 3.44. The van der Waals surface area contributed by atoms with Crippen LogP contribution in [0.4, 0.5) is 5.69 Å². The lowest BCUT2D eigenvalue weighted by atomic mass is 10.2. The summed E-state index contributed by atoms with van der Waals surface area (Å²) in [5, 5.41) is 3.33. The number of rotatable bonds is 5. The van der Waals surface area contributed by atoms with Crippen LogP contribution < -0.4 is 15.8 Å². The molecule has 15 heavy (non-hydrogen) atoms. The Morgan fingerprint density at radius 1 is 1.47 bits per heavy atom. The Hall–Kier alpha value is -0.740. The Morgan fingerprint density at radius 3 is 2.80 bits per heavy atom. The number of nitrogens with one attached hydrogen (secondary N) is 1. The minimum atomic E-state index is 0.699. The van der Waals surface area contributed by atoms with E-state index in [0.29, 0.717) is 6.54 Å². The van der Waals surface area contributed by atoms with Gasteiger partial charge in [-0.15, -0.1) is 0 Å². The van der Waals surface area contributed by atoms with Crippen molar-refractivity contribution in [2.75, 3.05) is 25.5 Å². The number of benzene rings is 1. The number of anilines is 1. The van der Waals surface area contributed by atoms with E-state index in [0.717, 1.165) is 28.9 Å².